The van der Waals surface area contributed by atoms with Crippen molar-refractivity contribution in [3.8, 4) is 0 Å². The minimum absolute atomic E-state index is 0.118. The molecule has 0 atom stereocenters. The molecular weight excluding hydrogens is 456 g/mol. The molecule has 0 aliphatic carbocycles. The molecule has 0 saturated heterocycles. The van der Waals surface area contributed by atoms with Crippen molar-refractivity contribution in [2.45, 2.75) is 13.0 Å². The summed E-state index contributed by atoms with van der Waals surface area (Å²) in [4.78, 5) is 37.8. The van der Waals surface area contributed by atoms with Crippen molar-refractivity contribution < 1.29 is 28.4 Å². The number of amides is 4. The third-order valence-electron chi connectivity index (χ3n) is 5.10. The molecule has 0 aliphatic heterocycles. The highest BCUT2D eigenvalue weighted by molar-refractivity contribution is 6.04. The number of hydrogen-bond donors (Lipinski definition) is 3. The molecule has 3 rings (SSSR count). The summed E-state index contributed by atoms with van der Waals surface area (Å²) in [7, 11) is 0. The fraction of sp³-hybridized carbons (Fsp3) is 0.115. The topological polar surface area (TPSA) is 98.7 Å². The van der Waals surface area contributed by atoms with E-state index in [1.807, 2.05) is 30.3 Å². The third-order valence-corrected chi connectivity index (χ3v) is 5.10. The number of rotatable bonds is 8. The van der Waals surface area contributed by atoms with Crippen LogP contribution in [-0.4, -0.2) is 34.5 Å². The zero-order valence-corrected chi connectivity index (χ0v) is 18.6. The molecule has 180 valence electrons. The molecule has 7 nitrogen and oxygen atoms in total. The second-order valence-corrected chi connectivity index (χ2v) is 7.56. The maximum Gasteiger partial charge on any atom is 0.324 e. The number of hydroxylamine groups is 1. The molecule has 9 heteroatoms. The van der Waals surface area contributed by atoms with Gasteiger partial charge in [-0.2, -0.15) is 0 Å². The molecule has 0 radical (unpaired) electrons. The summed E-state index contributed by atoms with van der Waals surface area (Å²) in [6, 6.07) is 18.5. The molecule has 4 amide bonds. The summed E-state index contributed by atoms with van der Waals surface area (Å²) >= 11 is 0. The van der Waals surface area contributed by atoms with Crippen LogP contribution >= 0.6 is 0 Å². The van der Waals surface area contributed by atoms with Gasteiger partial charge < -0.3 is 4.90 Å². The van der Waals surface area contributed by atoms with Gasteiger partial charge in [-0.15, -0.1) is 0 Å². The van der Waals surface area contributed by atoms with E-state index in [0.717, 1.165) is 35.4 Å². The number of nitrogens with one attached hydrogen (secondary N) is 2. The van der Waals surface area contributed by atoms with E-state index >= 15 is 0 Å². The van der Waals surface area contributed by atoms with Crippen LogP contribution in [0.2, 0.25) is 0 Å². The van der Waals surface area contributed by atoms with Crippen molar-refractivity contribution >= 4 is 23.9 Å². The van der Waals surface area contributed by atoms with Crippen LogP contribution in [-0.2, 0) is 17.8 Å². The smallest absolute Gasteiger partial charge is 0.320 e. The Morgan fingerprint density at radius 3 is 2.14 bits per heavy atom. The van der Waals surface area contributed by atoms with E-state index in [9.17, 15) is 23.2 Å². The molecular formula is C26H23F2N3O4. The zero-order chi connectivity index (χ0) is 25.2. The average molecular weight is 479 g/mol. The lowest BCUT2D eigenvalue weighted by molar-refractivity contribution is -0.124. The summed E-state index contributed by atoms with van der Waals surface area (Å²) in [5.41, 5.74) is 3.05. The zero-order valence-electron chi connectivity index (χ0n) is 18.6. The van der Waals surface area contributed by atoms with Gasteiger partial charge in [0.15, 0.2) is 0 Å². The van der Waals surface area contributed by atoms with Gasteiger partial charge in [-0.25, -0.2) is 19.1 Å². The number of benzene rings is 3. The van der Waals surface area contributed by atoms with Gasteiger partial charge in [0.05, 0.1) is 0 Å². The minimum atomic E-state index is -1.17. The molecule has 0 unspecified atom stereocenters. The Bertz CT molecular complexity index is 1190. The van der Waals surface area contributed by atoms with E-state index < -0.39 is 35.0 Å². The fourth-order valence-corrected chi connectivity index (χ4v) is 3.28. The molecule has 3 aromatic rings. The van der Waals surface area contributed by atoms with Gasteiger partial charge in [-0.05, 0) is 41.3 Å². The van der Waals surface area contributed by atoms with Gasteiger partial charge in [-0.1, -0.05) is 60.7 Å². The van der Waals surface area contributed by atoms with E-state index in [2.05, 4.69) is 5.32 Å². The Balaban J connectivity index is 1.75. The van der Waals surface area contributed by atoms with Crippen LogP contribution in [0.3, 0.4) is 0 Å². The molecule has 3 aromatic carbocycles. The summed E-state index contributed by atoms with van der Waals surface area (Å²) in [5, 5.41) is 10.6. The predicted octanol–water partition coefficient (Wildman–Crippen LogP) is 4.08. The lowest BCUT2D eigenvalue weighted by Crippen LogP contribution is -2.43. The maximum absolute atomic E-state index is 14.0. The van der Waals surface area contributed by atoms with Gasteiger partial charge in [0.1, 0.15) is 17.2 Å². The first-order valence-electron chi connectivity index (χ1n) is 10.7. The third kappa shape index (κ3) is 7.31. The standard InChI is InChI=1S/C26H23F2N3O4/c27-21-7-4-8-22(28)24(21)25(33)29-26(34)31(16-15-18-5-2-1-3-6-18)17-20-11-9-19(10-12-20)13-14-23(32)30-35/h1-14,35H,15-17H2,(H,30,32)(H,29,33,34). The van der Waals surface area contributed by atoms with Crippen LogP contribution in [0.15, 0.2) is 78.9 Å². The number of hydrogen-bond acceptors (Lipinski definition) is 4. The first kappa shape index (κ1) is 25.3. The van der Waals surface area contributed by atoms with Crippen molar-refractivity contribution in [2.75, 3.05) is 6.54 Å². The minimum Gasteiger partial charge on any atom is -0.320 e. The SMILES string of the molecule is O=C(C=Cc1ccc(CN(CCc2ccccc2)C(=O)NC(=O)c2c(F)cccc2F)cc1)NO. The fourth-order valence-electron chi connectivity index (χ4n) is 3.28. The van der Waals surface area contributed by atoms with E-state index in [-0.39, 0.29) is 13.1 Å². The number of halogens is 2. The second-order valence-electron chi connectivity index (χ2n) is 7.56. The molecule has 35 heavy (non-hydrogen) atoms. The monoisotopic (exact) mass is 479 g/mol. The molecule has 0 saturated carbocycles. The Labute approximate surface area is 200 Å². The van der Waals surface area contributed by atoms with Crippen LogP contribution in [0.25, 0.3) is 6.08 Å². The van der Waals surface area contributed by atoms with Crippen LogP contribution in [0.1, 0.15) is 27.0 Å². The van der Waals surface area contributed by atoms with Crippen LogP contribution < -0.4 is 10.8 Å². The predicted molar refractivity (Wildman–Crippen MR) is 125 cm³/mol. The number of nitrogens with zero attached hydrogens (tertiary/aromatic N) is 1. The first-order chi connectivity index (χ1) is 16.9. The van der Waals surface area contributed by atoms with Crippen molar-refractivity contribution in [3.63, 3.8) is 0 Å². The molecule has 0 heterocycles. The van der Waals surface area contributed by atoms with Crippen molar-refractivity contribution in [2.24, 2.45) is 0 Å². The molecule has 0 fully saturated rings. The van der Waals surface area contributed by atoms with E-state index in [0.29, 0.717) is 12.0 Å². The molecule has 0 aliphatic rings. The van der Waals surface area contributed by atoms with E-state index in [4.69, 9.17) is 5.21 Å². The summed E-state index contributed by atoms with van der Waals surface area (Å²) in [6.07, 6.45) is 3.15. The second kappa shape index (κ2) is 12.2. The lowest BCUT2D eigenvalue weighted by atomic mass is 10.1. The quantitative estimate of drug-likeness (QED) is 0.258. The average Bonchev–Trinajstić information content (AvgIpc) is 2.86. The Morgan fingerprint density at radius 2 is 1.51 bits per heavy atom. The van der Waals surface area contributed by atoms with Gasteiger partial charge >= 0.3 is 6.03 Å². The molecule has 3 N–H and O–H groups in total. The number of carbonyl (C=O) groups is 3. The van der Waals surface area contributed by atoms with Gasteiger partial charge in [0, 0.05) is 19.2 Å². The summed E-state index contributed by atoms with van der Waals surface area (Å²) in [6.45, 7) is 0.355. The Kier molecular flexibility index (Phi) is 8.80. The van der Waals surface area contributed by atoms with E-state index in [1.165, 1.54) is 16.5 Å². The van der Waals surface area contributed by atoms with Crippen molar-refractivity contribution in [3.05, 3.63) is 113 Å². The number of urea groups is 1. The summed E-state index contributed by atoms with van der Waals surface area (Å²) in [5.74, 6) is -3.97. The molecule has 0 aromatic heterocycles. The van der Waals surface area contributed by atoms with Crippen molar-refractivity contribution in [1.82, 2.24) is 15.7 Å². The highest BCUT2D eigenvalue weighted by Gasteiger charge is 2.22. The normalized spacial score (nSPS) is 10.7. The Morgan fingerprint density at radius 1 is 0.857 bits per heavy atom. The molecule has 0 bridgehead atoms. The first-order valence-corrected chi connectivity index (χ1v) is 10.7. The van der Waals surface area contributed by atoms with Gasteiger partial charge in [-0.3, -0.25) is 20.1 Å². The number of imide groups is 1. The highest BCUT2D eigenvalue weighted by atomic mass is 19.1. The van der Waals surface area contributed by atoms with Crippen LogP contribution in [0, 0.1) is 11.6 Å². The van der Waals surface area contributed by atoms with Gasteiger partial charge in [0.2, 0.25) is 0 Å². The van der Waals surface area contributed by atoms with Gasteiger partial charge in [0.25, 0.3) is 11.8 Å². The number of carbonyl (C=O) groups excluding carboxylic acids is 3. The highest BCUT2D eigenvalue weighted by Crippen LogP contribution is 2.14. The Hall–Kier alpha value is -4.37. The summed E-state index contributed by atoms with van der Waals surface area (Å²) < 4.78 is 27.9. The maximum atomic E-state index is 14.0. The lowest BCUT2D eigenvalue weighted by Gasteiger charge is -2.23. The largest absolute Gasteiger partial charge is 0.324 e. The van der Waals surface area contributed by atoms with Crippen LogP contribution in [0.5, 0.6) is 0 Å². The van der Waals surface area contributed by atoms with Crippen LogP contribution in [0.4, 0.5) is 13.6 Å². The molecule has 0 spiro atoms. The van der Waals surface area contributed by atoms with Crippen molar-refractivity contribution in [1.29, 1.82) is 0 Å². The van der Waals surface area contributed by atoms with E-state index in [1.54, 1.807) is 24.3 Å².